The van der Waals surface area contributed by atoms with Gasteiger partial charge >= 0.3 is 0 Å². The molecule has 2 aromatic heterocycles. The summed E-state index contributed by atoms with van der Waals surface area (Å²) >= 11 is 0. The summed E-state index contributed by atoms with van der Waals surface area (Å²) in [5.41, 5.74) is 5.82. The lowest BCUT2D eigenvalue weighted by atomic mass is 9.98. The molecule has 0 aliphatic carbocycles. The van der Waals surface area contributed by atoms with Crippen LogP contribution in [-0.2, 0) is 0 Å². The number of rotatable bonds is 5. The fourth-order valence-corrected chi connectivity index (χ4v) is 2.71. The maximum absolute atomic E-state index is 11.3. The van der Waals surface area contributed by atoms with Gasteiger partial charge in [-0.25, -0.2) is 9.97 Å². The fourth-order valence-electron chi connectivity index (χ4n) is 2.71. The molecule has 0 aromatic carbocycles. The number of ether oxygens (including phenoxy) is 1. The molecule has 0 bridgehead atoms. The number of carbonyl (C=O) groups is 1. The largest absolute Gasteiger partial charge is 0.477 e. The van der Waals surface area contributed by atoms with Gasteiger partial charge in [0.25, 0.3) is 0 Å². The number of nitrogens with zero attached hydrogens (tertiary/aromatic N) is 3. The molecule has 1 saturated heterocycles. The lowest BCUT2D eigenvalue weighted by molar-refractivity contribution is 0.1000. The van der Waals surface area contributed by atoms with Crippen LogP contribution in [-0.4, -0.2) is 35.6 Å². The Morgan fingerprint density at radius 3 is 2.74 bits per heavy atom. The van der Waals surface area contributed by atoms with Crippen LogP contribution in [0.4, 0.5) is 5.82 Å². The molecule has 3 rings (SSSR count). The van der Waals surface area contributed by atoms with Crippen molar-refractivity contribution >= 4 is 11.7 Å². The van der Waals surface area contributed by atoms with E-state index in [9.17, 15) is 4.79 Å². The number of hydrogen-bond acceptors (Lipinski definition) is 5. The normalized spacial score (nSPS) is 15.4. The van der Waals surface area contributed by atoms with E-state index in [-0.39, 0.29) is 0 Å². The van der Waals surface area contributed by atoms with Crippen molar-refractivity contribution in [3.63, 3.8) is 0 Å². The van der Waals surface area contributed by atoms with E-state index < -0.39 is 5.91 Å². The number of anilines is 1. The summed E-state index contributed by atoms with van der Waals surface area (Å²) in [7, 11) is 0. The predicted octanol–water partition coefficient (Wildman–Crippen LogP) is 1.87. The number of aromatic nitrogens is 2. The van der Waals surface area contributed by atoms with Crippen LogP contribution in [0, 0.1) is 5.92 Å². The second kappa shape index (κ2) is 7.09. The monoisotopic (exact) mass is 312 g/mol. The molecule has 3 heterocycles. The minimum absolute atomic E-state index is 0.424. The number of piperidine rings is 1. The van der Waals surface area contributed by atoms with Crippen LogP contribution in [0.3, 0.4) is 0 Å². The molecule has 2 aromatic rings. The third-order valence-corrected chi connectivity index (χ3v) is 4.07. The Labute approximate surface area is 135 Å². The van der Waals surface area contributed by atoms with E-state index >= 15 is 0 Å². The fraction of sp³-hybridized carbons (Fsp3) is 0.353. The highest BCUT2D eigenvalue weighted by atomic mass is 16.5. The van der Waals surface area contributed by atoms with Gasteiger partial charge in [-0.3, -0.25) is 4.79 Å². The summed E-state index contributed by atoms with van der Waals surface area (Å²) in [4.78, 5) is 22.0. The lowest BCUT2D eigenvalue weighted by Gasteiger charge is -2.32. The number of pyridine rings is 2. The Bertz CT molecular complexity index is 655. The van der Waals surface area contributed by atoms with Gasteiger partial charge in [0.1, 0.15) is 5.82 Å². The molecule has 6 nitrogen and oxygen atoms in total. The molecule has 1 aliphatic rings. The molecule has 6 heteroatoms. The molecule has 0 unspecified atom stereocenters. The van der Waals surface area contributed by atoms with E-state index in [4.69, 9.17) is 10.5 Å². The number of amides is 1. The summed E-state index contributed by atoms with van der Waals surface area (Å²) < 4.78 is 5.73. The Kier molecular flexibility index (Phi) is 4.71. The summed E-state index contributed by atoms with van der Waals surface area (Å²) in [5.74, 6) is 1.57. The zero-order chi connectivity index (χ0) is 16.1. The van der Waals surface area contributed by atoms with Gasteiger partial charge in [-0.2, -0.15) is 0 Å². The molecule has 1 amide bonds. The quantitative estimate of drug-likeness (QED) is 0.911. The standard InChI is InChI=1S/C17H20N4O2/c18-17(22)14-4-8-19-15(11-14)21-9-5-13(6-10-21)12-23-16-3-1-2-7-20-16/h1-4,7-8,11,13H,5-6,9-10,12H2,(H2,18,22). The van der Waals surface area contributed by atoms with Crippen molar-refractivity contribution in [3.05, 3.63) is 48.3 Å². The maximum atomic E-state index is 11.3. The van der Waals surface area contributed by atoms with Crippen molar-refractivity contribution in [1.29, 1.82) is 0 Å². The zero-order valence-electron chi connectivity index (χ0n) is 12.9. The topological polar surface area (TPSA) is 81.3 Å². The highest BCUT2D eigenvalue weighted by molar-refractivity contribution is 5.93. The Balaban J connectivity index is 1.52. The molecule has 2 N–H and O–H groups in total. The van der Waals surface area contributed by atoms with Gasteiger partial charge in [0, 0.05) is 37.1 Å². The smallest absolute Gasteiger partial charge is 0.248 e. The minimum Gasteiger partial charge on any atom is -0.477 e. The molecule has 23 heavy (non-hydrogen) atoms. The van der Waals surface area contributed by atoms with Gasteiger partial charge in [0.15, 0.2) is 0 Å². The maximum Gasteiger partial charge on any atom is 0.248 e. The number of hydrogen-bond donors (Lipinski definition) is 1. The van der Waals surface area contributed by atoms with Gasteiger partial charge in [-0.1, -0.05) is 6.07 Å². The summed E-state index contributed by atoms with van der Waals surface area (Å²) in [5, 5.41) is 0. The number of primary amides is 1. The zero-order valence-corrected chi connectivity index (χ0v) is 12.9. The van der Waals surface area contributed by atoms with Crippen LogP contribution in [0.5, 0.6) is 5.88 Å². The Morgan fingerprint density at radius 1 is 1.22 bits per heavy atom. The highest BCUT2D eigenvalue weighted by Gasteiger charge is 2.21. The molecular formula is C17H20N4O2. The first-order valence-electron chi connectivity index (χ1n) is 7.77. The van der Waals surface area contributed by atoms with E-state index in [0.717, 1.165) is 31.7 Å². The first-order chi connectivity index (χ1) is 11.2. The summed E-state index contributed by atoms with van der Waals surface area (Å²) in [6.07, 6.45) is 5.41. The molecule has 1 aliphatic heterocycles. The average Bonchev–Trinajstić information content (AvgIpc) is 2.61. The molecule has 0 atom stereocenters. The van der Waals surface area contributed by atoms with Crippen LogP contribution in [0.2, 0.25) is 0 Å². The van der Waals surface area contributed by atoms with E-state index in [2.05, 4.69) is 14.9 Å². The van der Waals surface area contributed by atoms with Crippen LogP contribution in [0.25, 0.3) is 0 Å². The lowest BCUT2D eigenvalue weighted by Crippen LogP contribution is -2.36. The van der Waals surface area contributed by atoms with Crippen molar-refractivity contribution in [2.24, 2.45) is 11.7 Å². The molecule has 0 saturated carbocycles. The van der Waals surface area contributed by atoms with Gasteiger partial charge in [0.2, 0.25) is 11.8 Å². The van der Waals surface area contributed by atoms with Gasteiger partial charge in [-0.05, 0) is 37.0 Å². The predicted molar refractivity (Wildman–Crippen MR) is 87.4 cm³/mol. The van der Waals surface area contributed by atoms with E-state index in [1.807, 2.05) is 18.2 Å². The first kappa shape index (κ1) is 15.3. The van der Waals surface area contributed by atoms with Crippen molar-refractivity contribution in [1.82, 2.24) is 9.97 Å². The molecule has 120 valence electrons. The van der Waals surface area contributed by atoms with Crippen molar-refractivity contribution in [2.45, 2.75) is 12.8 Å². The molecule has 1 fully saturated rings. The Morgan fingerprint density at radius 2 is 2.04 bits per heavy atom. The van der Waals surface area contributed by atoms with E-state index in [1.54, 1.807) is 24.5 Å². The van der Waals surface area contributed by atoms with Gasteiger partial charge in [0.05, 0.1) is 6.61 Å². The number of nitrogens with two attached hydrogens (primary N) is 1. The Hall–Kier alpha value is -2.63. The van der Waals surface area contributed by atoms with Crippen molar-refractivity contribution in [2.75, 3.05) is 24.6 Å². The highest BCUT2D eigenvalue weighted by Crippen LogP contribution is 2.23. The number of carbonyl (C=O) groups excluding carboxylic acids is 1. The third kappa shape index (κ3) is 3.97. The summed E-state index contributed by atoms with van der Waals surface area (Å²) in [6, 6.07) is 9.06. The minimum atomic E-state index is -0.424. The summed E-state index contributed by atoms with van der Waals surface area (Å²) in [6.45, 7) is 2.47. The van der Waals surface area contributed by atoms with Crippen LogP contribution < -0.4 is 15.4 Å². The third-order valence-electron chi connectivity index (χ3n) is 4.07. The second-order valence-electron chi connectivity index (χ2n) is 5.68. The SMILES string of the molecule is NC(=O)c1ccnc(N2CCC(COc3ccccn3)CC2)c1. The van der Waals surface area contributed by atoms with Gasteiger partial charge in [-0.15, -0.1) is 0 Å². The van der Waals surface area contributed by atoms with Crippen LogP contribution in [0.15, 0.2) is 42.7 Å². The van der Waals surface area contributed by atoms with Crippen LogP contribution >= 0.6 is 0 Å². The molecular weight excluding hydrogens is 292 g/mol. The molecule has 0 spiro atoms. The second-order valence-corrected chi connectivity index (χ2v) is 5.68. The molecule has 0 radical (unpaired) electrons. The van der Waals surface area contributed by atoms with Crippen LogP contribution in [0.1, 0.15) is 23.2 Å². The van der Waals surface area contributed by atoms with E-state index in [0.29, 0.717) is 24.0 Å². The van der Waals surface area contributed by atoms with Crippen molar-refractivity contribution < 1.29 is 9.53 Å². The van der Waals surface area contributed by atoms with E-state index in [1.165, 1.54) is 0 Å². The van der Waals surface area contributed by atoms with Gasteiger partial charge < -0.3 is 15.4 Å². The first-order valence-corrected chi connectivity index (χ1v) is 7.77. The van der Waals surface area contributed by atoms with Crippen molar-refractivity contribution in [3.8, 4) is 5.88 Å². The average molecular weight is 312 g/mol.